The molecule has 3 aromatic rings. The van der Waals surface area contributed by atoms with Crippen molar-refractivity contribution in [3.05, 3.63) is 84.1 Å². The summed E-state index contributed by atoms with van der Waals surface area (Å²) in [5.74, 6) is 0.731. The molecule has 0 bridgehead atoms. The highest BCUT2D eigenvalue weighted by Crippen LogP contribution is 2.23. The number of hydrogen-bond donors (Lipinski definition) is 0. The number of aryl methyl sites for hydroxylation is 1. The van der Waals surface area contributed by atoms with E-state index >= 15 is 0 Å². The van der Waals surface area contributed by atoms with Crippen LogP contribution in [-0.2, 0) is 0 Å². The molecule has 0 saturated carbocycles. The number of carbonyl (C=O) groups excluding carboxylic acids is 1. The third-order valence-electron chi connectivity index (χ3n) is 4.68. The normalized spacial score (nSPS) is 14.2. The summed E-state index contributed by atoms with van der Waals surface area (Å²) < 4.78 is 1.79. The molecule has 0 spiro atoms. The summed E-state index contributed by atoms with van der Waals surface area (Å²) >= 11 is 0. The van der Waals surface area contributed by atoms with Crippen LogP contribution in [0.5, 0.6) is 0 Å². The molecule has 5 heteroatoms. The van der Waals surface area contributed by atoms with Crippen LogP contribution in [0.3, 0.4) is 0 Å². The van der Waals surface area contributed by atoms with Gasteiger partial charge in [-0.25, -0.2) is 9.97 Å². The molecular weight excluding hydrogens is 324 g/mol. The van der Waals surface area contributed by atoms with Crippen LogP contribution in [0.15, 0.2) is 67.4 Å². The summed E-state index contributed by atoms with van der Waals surface area (Å²) in [4.78, 5) is 23.1. The average Bonchev–Trinajstić information content (AvgIpc) is 3.23. The molecule has 1 aliphatic rings. The summed E-state index contributed by atoms with van der Waals surface area (Å²) in [7, 11) is 0. The lowest BCUT2D eigenvalue weighted by molar-refractivity contribution is 0.0772. The Bertz CT molecular complexity index is 942. The molecule has 0 fully saturated rings. The Kier molecular flexibility index (Phi) is 4.35. The molecule has 1 amide bonds. The fraction of sp³-hybridized carbons (Fsp3) is 0.190. The first-order valence-corrected chi connectivity index (χ1v) is 8.70. The highest BCUT2D eigenvalue weighted by Gasteiger charge is 2.20. The van der Waals surface area contributed by atoms with Gasteiger partial charge in [0.25, 0.3) is 5.91 Å². The number of aromatic nitrogens is 3. The van der Waals surface area contributed by atoms with Crippen LogP contribution in [0, 0.1) is 6.92 Å². The van der Waals surface area contributed by atoms with E-state index in [0.29, 0.717) is 17.9 Å². The Hall–Kier alpha value is -3.21. The van der Waals surface area contributed by atoms with Crippen LogP contribution in [0.4, 0.5) is 0 Å². The molecule has 26 heavy (non-hydrogen) atoms. The summed E-state index contributed by atoms with van der Waals surface area (Å²) in [6.45, 7) is 3.44. The minimum atomic E-state index is 0.0352. The van der Waals surface area contributed by atoms with E-state index in [1.807, 2.05) is 17.2 Å². The summed E-state index contributed by atoms with van der Waals surface area (Å²) in [5.41, 5.74) is 4.46. The molecular formula is C21H20N4O. The van der Waals surface area contributed by atoms with E-state index < -0.39 is 0 Å². The lowest BCUT2D eigenvalue weighted by Crippen LogP contribution is -2.34. The van der Waals surface area contributed by atoms with Crippen molar-refractivity contribution in [2.24, 2.45) is 0 Å². The number of imidazole rings is 1. The summed E-state index contributed by atoms with van der Waals surface area (Å²) in [6.07, 6.45) is 9.87. The summed E-state index contributed by atoms with van der Waals surface area (Å²) in [6, 6.07) is 12.1. The monoisotopic (exact) mass is 344 g/mol. The predicted octanol–water partition coefficient (Wildman–Crippen LogP) is 3.51. The zero-order chi connectivity index (χ0) is 17.9. The molecule has 1 aromatic carbocycles. The van der Waals surface area contributed by atoms with Gasteiger partial charge in [-0.1, -0.05) is 35.9 Å². The number of carbonyl (C=O) groups is 1. The Morgan fingerprint density at radius 3 is 2.65 bits per heavy atom. The number of amides is 1. The van der Waals surface area contributed by atoms with Crippen molar-refractivity contribution in [3.63, 3.8) is 0 Å². The zero-order valence-corrected chi connectivity index (χ0v) is 14.7. The molecule has 0 radical (unpaired) electrons. The Morgan fingerprint density at radius 1 is 1.12 bits per heavy atom. The van der Waals surface area contributed by atoms with Crippen molar-refractivity contribution in [2.45, 2.75) is 13.3 Å². The van der Waals surface area contributed by atoms with Crippen LogP contribution in [0.25, 0.3) is 11.4 Å². The maximum Gasteiger partial charge on any atom is 0.254 e. The van der Waals surface area contributed by atoms with Gasteiger partial charge in [-0.2, -0.15) is 0 Å². The number of pyridine rings is 1. The smallest absolute Gasteiger partial charge is 0.254 e. The van der Waals surface area contributed by atoms with Gasteiger partial charge < -0.3 is 4.90 Å². The highest BCUT2D eigenvalue weighted by atomic mass is 16.2. The average molecular weight is 344 g/mol. The van der Waals surface area contributed by atoms with E-state index in [2.05, 4.69) is 47.2 Å². The third kappa shape index (κ3) is 3.28. The van der Waals surface area contributed by atoms with Crippen LogP contribution in [-0.4, -0.2) is 38.4 Å². The minimum Gasteiger partial charge on any atom is -0.335 e. The van der Waals surface area contributed by atoms with E-state index in [1.54, 1.807) is 29.4 Å². The highest BCUT2D eigenvalue weighted by molar-refractivity contribution is 5.95. The van der Waals surface area contributed by atoms with Crippen molar-refractivity contribution in [1.29, 1.82) is 0 Å². The van der Waals surface area contributed by atoms with Crippen molar-refractivity contribution >= 4 is 11.5 Å². The van der Waals surface area contributed by atoms with Crippen molar-refractivity contribution in [1.82, 2.24) is 19.4 Å². The molecule has 0 saturated heterocycles. The molecule has 0 unspecified atom stereocenters. The summed E-state index contributed by atoms with van der Waals surface area (Å²) in [5, 5.41) is 0. The first-order valence-electron chi connectivity index (χ1n) is 8.70. The first kappa shape index (κ1) is 16.3. The van der Waals surface area contributed by atoms with Gasteiger partial charge in [-0.3, -0.25) is 9.36 Å². The molecule has 3 heterocycles. The molecule has 0 aliphatic carbocycles. The van der Waals surface area contributed by atoms with Crippen LogP contribution in [0.2, 0.25) is 0 Å². The molecule has 0 N–H and O–H groups in total. The van der Waals surface area contributed by atoms with Gasteiger partial charge in [-0.05, 0) is 36.6 Å². The fourth-order valence-corrected chi connectivity index (χ4v) is 3.15. The van der Waals surface area contributed by atoms with Crippen molar-refractivity contribution in [2.75, 3.05) is 13.1 Å². The topological polar surface area (TPSA) is 51.0 Å². The molecule has 130 valence electrons. The van der Waals surface area contributed by atoms with Gasteiger partial charge in [-0.15, -0.1) is 0 Å². The van der Waals surface area contributed by atoms with Gasteiger partial charge in [0.05, 0.1) is 0 Å². The van der Waals surface area contributed by atoms with E-state index in [-0.39, 0.29) is 5.91 Å². The van der Waals surface area contributed by atoms with Crippen LogP contribution in [0.1, 0.15) is 27.9 Å². The van der Waals surface area contributed by atoms with Crippen LogP contribution >= 0.6 is 0 Å². The standard InChI is InChI=1S/C21H20N4O/c1-16-2-4-17(5-3-16)18-7-11-24(12-8-18)21(26)19-6-9-23-20(14-19)25-13-10-22-15-25/h2-7,9-10,13-15H,8,11-12H2,1H3. The second kappa shape index (κ2) is 6.96. The minimum absolute atomic E-state index is 0.0352. The fourth-order valence-electron chi connectivity index (χ4n) is 3.15. The zero-order valence-electron chi connectivity index (χ0n) is 14.7. The van der Waals surface area contributed by atoms with E-state index in [9.17, 15) is 4.79 Å². The number of benzene rings is 1. The predicted molar refractivity (Wildman–Crippen MR) is 101 cm³/mol. The van der Waals surface area contributed by atoms with E-state index in [0.717, 1.165) is 13.0 Å². The molecule has 1 aliphatic heterocycles. The number of nitrogens with zero attached hydrogens (tertiary/aromatic N) is 4. The van der Waals surface area contributed by atoms with Crippen LogP contribution < -0.4 is 0 Å². The van der Waals surface area contributed by atoms with Gasteiger partial charge in [0.15, 0.2) is 0 Å². The quantitative estimate of drug-likeness (QED) is 0.731. The Morgan fingerprint density at radius 2 is 1.96 bits per heavy atom. The number of rotatable bonds is 3. The molecule has 4 rings (SSSR count). The Labute approximate surface area is 152 Å². The second-order valence-electron chi connectivity index (χ2n) is 6.47. The SMILES string of the molecule is Cc1ccc(C2=CCN(C(=O)c3ccnc(-n4ccnc4)c3)CC2)cc1. The Balaban J connectivity index is 1.50. The lowest BCUT2D eigenvalue weighted by atomic mass is 9.98. The van der Waals surface area contributed by atoms with Gasteiger partial charge in [0.2, 0.25) is 0 Å². The number of hydrogen-bond acceptors (Lipinski definition) is 3. The van der Waals surface area contributed by atoms with Crippen molar-refractivity contribution in [3.8, 4) is 5.82 Å². The molecule has 0 atom stereocenters. The largest absolute Gasteiger partial charge is 0.335 e. The maximum absolute atomic E-state index is 12.9. The van der Waals surface area contributed by atoms with E-state index in [4.69, 9.17) is 0 Å². The lowest BCUT2D eigenvalue weighted by Gasteiger charge is -2.27. The third-order valence-corrected chi connectivity index (χ3v) is 4.68. The maximum atomic E-state index is 12.9. The van der Waals surface area contributed by atoms with Gasteiger partial charge in [0, 0.05) is 37.2 Å². The van der Waals surface area contributed by atoms with Gasteiger partial charge >= 0.3 is 0 Å². The van der Waals surface area contributed by atoms with Gasteiger partial charge in [0.1, 0.15) is 12.1 Å². The molecule has 2 aromatic heterocycles. The molecule has 5 nitrogen and oxygen atoms in total. The van der Waals surface area contributed by atoms with E-state index in [1.165, 1.54) is 16.7 Å². The first-order chi connectivity index (χ1) is 12.7. The second-order valence-corrected chi connectivity index (χ2v) is 6.47. The van der Waals surface area contributed by atoms with Crippen molar-refractivity contribution < 1.29 is 4.79 Å².